The van der Waals surface area contributed by atoms with Gasteiger partial charge in [-0.3, -0.25) is 4.99 Å². The molecular weight excluding hydrogens is 338 g/mol. The number of nitrogens with two attached hydrogens (primary N) is 1. The summed E-state index contributed by atoms with van der Waals surface area (Å²) in [6, 6.07) is 3.65. The monoisotopic (exact) mass is 352 g/mol. The average Bonchev–Trinajstić information content (AvgIpc) is 2.56. The first kappa shape index (κ1) is 17.6. The average molecular weight is 353 g/mol. The van der Waals surface area contributed by atoms with Crippen LogP contribution in [0.2, 0.25) is 5.02 Å². The van der Waals surface area contributed by atoms with Crippen molar-refractivity contribution in [3.8, 4) is 0 Å². The number of nitrogens with one attached hydrogen (secondary N) is 2. The van der Waals surface area contributed by atoms with Gasteiger partial charge in [0.1, 0.15) is 16.7 Å². The second-order valence-electron chi connectivity index (χ2n) is 4.58. The lowest BCUT2D eigenvalue weighted by atomic mass is 10.2. The van der Waals surface area contributed by atoms with Crippen LogP contribution in [0, 0.1) is 11.6 Å². The molecule has 0 unspecified atom stereocenters. The number of hydrogen-bond acceptors (Lipinski definition) is 6. The zero-order chi connectivity index (χ0) is 17.5. The van der Waals surface area contributed by atoms with Crippen LogP contribution >= 0.6 is 11.6 Å². The summed E-state index contributed by atoms with van der Waals surface area (Å²) >= 11 is 6.01. The Balaban J connectivity index is 2.17. The van der Waals surface area contributed by atoms with E-state index in [2.05, 4.69) is 25.6 Å². The van der Waals surface area contributed by atoms with E-state index in [0.717, 1.165) is 0 Å². The van der Waals surface area contributed by atoms with Crippen molar-refractivity contribution in [3.63, 3.8) is 0 Å². The number of anilines is 2. The molecule has 0 amide bonds. The number of nitrogens with zero attached hydrogens (tertiary/aromatic N) is 3. The fourth-order valence-electron chi connectivity index (χ4n) is 1.81. The molecule has 1 aromatic heterocycles. The molecule has 2 aromatic rings. The Morgan fingerprint density at radius 3 is 2.71 bits per heavy atom. The van der Waals surface area contributed by atoms with Gasteiger partial charge in [0.05, 0.1) is 11.9 Å². The molecule has 2 rings (SSSR count). The van der Waals surface area contributed by atoms with Gasteiger partial charge in [0.15, 0.2) is 5.82 Å². The van der Waals surface area contributed by atoms with Crippen LogP contribution in [-0.4, -0.2) is 23.2 Å². The Morgan fingerprint density at radius 1 is 1.38 bits per heavy atom. The van der Waals surface area contributed by atoms with Crippen molar-refractivity contribution >= 4 is 29.6 Å². The molecule has 0 bridgehead atoms. The van der Waals surface area contributed by atoms with E-state index in [-0.39, 0.29) is 28.9 Å². The lowest BCUT2D eigenvalue weighted by Gasteiger charge is -2.11. The van der Waals surface area contributed by atoms with Crippen molar-refractivity contribution in [1.29, 1.82) is 0 Å². The SMILES string of the molecule is CN=CC(=CN)Nc1ncc(Cl)c(NCc2c(F)cccc2F)n1. The Hall–Kier alpha value is -2.74. The summed E-state index contributed by atoms with van der Waals surface area (Å²) in [5.41, 5.74) is 5.82. The molecule has 6 nitrogen and oxygen atoms in total. The van der Waals surface area contributed by atoms with Crippen molar-refractivity contribution in [2.24, 2.45) is 10.7 Å². The summed E-state index contributed by atoms with van der Waals surface area (Å²) in [7, 11) is 1.59. The van der Waals surface area contributed by atoms with E-state index in [1.165, 1.54) is 36.8 Å². The first-order valence-electron chi connectivity index (χ1n) is 6.85. The molecule has 0 atom stereocenters. The highest BCUT2D eigenvalue weighted by Gasteiger charge is 2.11. The van der Waals surface area contributed by atoms with Crippen LogP contribution in [0.15, 0.2) is 41.3 Å². The van der Waals surface area contributed by atoms with Crippen LogP contribution in [0.1, 0.15) is 5.56 Å². The number of benzene rings is 1. The number of halogens is 3. The molecule has 0 saturated heterocycles. The quantitative estimate of drug-likeness (QED) is 0.696. The molecule has 9 heteroatoms. The minimum Gasteiger partial charge on any atom is -0.403 e. The lowest BCUT2D eigenvalue weighted by molar-refractivity contribution is 0.560. The van der Waals surface area contributed by atoms with E-state index < -0.39 is 11.6 Å². The van der Waals surface area contributed by atoms with Crippen molar-refractivity contribution in [1.82, 2.24) is 9.97 Å². The topological polar surface area (TPSA) is 88.2 Å². The van der Waals surface area contributed by atoms with Crippen LogP contribution in [-0.2, 0) is 6.54 Å². The number of allylic oxidation sites excluding steroid dienone is 1. The highest BCUT2D eigenvalue weighted by Crippen LogP contribution is 2.21. The summed E-state index contributed by atoms with van der Waals surface area (Å²) in [5, 5.41) is 5.83. The predicted octanol–water partition coefficient (Wildman–Crippen LogP) is 2.93. The first-order valence-corrected chi connectivity index (χ1v) is 7.23. The van der Waals surface area contributed by atoms with E-state index in [0.29, 0.717) is 5.70 Å². The maximum absolute atomic E-state index is 13.6. The molecule has 0 radical (unpaired) electrons. The first-order chi connectivity index (χ1) is 11.5. The van der Waals surface area contributed by atoms with Gasteiger partial charge < -0.3 is 16.4 Å². The molecule has 0 saturated carbocycles. The van der Waals surface area contributed by atoms with Crippen LogP contribution in [0.25, 0.3) is 0 Å². The molecular formula is C15H15ClF2N6. The van der Waals surface area contributed by atoms with Crippen LogP contribution in [0.5, 0.6) is 0 Å². The minimum absolute atomic E-state index is 0.109. The molecule has 1 heterocycles. The number of rotatable bonds is 6. The summed E-state index contributed by atoms with van der Waals surface area (Å²) in [6.45, 7) is -0.120. The van der Waals surface area contributed by atoms with Gasteiger partial charge in [-0.2, -0.15) is 4.98 Å². The molecule has 1 aromatic carbocycles. The summed E-state index contributed by atoms with van der Waals surface area (Å²) in [6.07, 6.45) is 4.14. The van der Waals surface area contributed by atoms with E-state index in [1.807, 2.05) is 0 Å². The predicted molar refractivity (Wildman–Crippen MR) is 91.0 cm³/mol. The molecule has 24 heavy (non-hydrogen) atoms. The lowest BCUT2D eigenvalue weighted by Crippen LogP contribution is -2.10. The highest BCUT2D eigenvalue weighted by molar-refractivity contribution is 6.32. The molecule has 0 aliphatic carbocycles. The van der Waals surface area contributed by atoms with E-state index in [1.54, 1.807) is 7.05 Å². The van der Waals surface area contributed by atoms with E-state index in [9.17, 15) is 8.78 Å². The van der Waals surface area contributed by atoms with Gasteiger partial charge in [-0.15, -0.1) is 0 Å². The van der Waals surface area contributed by atoms with Crippen LogP contribution in [0.3, 0.4) is 0 Å². The fraction of sp³-hybridized carbons (Fsp3) is 0.133. The van der Waals surface area contributed by atoms with Gasteiger partial charge in [-0.25, -0.2) is 13.8 Å². The van der Waals surface area contributed by atoms with Crippen molar-refractivity contribution in [2.75, 3.05) is 17.7 Å². The smallest absolute Gasteiger partial charge is 0.229 e. The van der Waals surface area contributed by atoms with Gasteiger partial charge in [-0.1, -0.05) is 17.7 Å². The fourth-order valence-corrected chi connectivity index (χ4v) is 1.97. The van der Waals surface area contributed by atoms with E-state index in [4.69, 9.17) is 17.3 Å². The highest BCUT2D eigenvalue weighted by atomic mass is 35.5. The van der Waals surface area contributed by atoms with Crippen molar-refractivity contribution < 1.29 is 8.78 Å². The summed E-state index contributed by atoms with van der Waals surface area (Å²) in [4.78, 5) is 12.0. The van der Waals surface area contributed by atoms with Gasteiger partial charge in [0, 0.05) is 31.6 Å². The summed E-state index contributed by atoms with van der Waals surface area (Å²) < 4.78 is 27.3. The number of aliphatic imine (C=N–C) groups is 1. The Labute approximate surface area is 142 Å². The second kappa shape index (κ2) is 8.21. The number of aromatic nitrogens is 2. The zero-order valence-electron chi connectivity index (χ0n) is 12.7. The third-order valence-electron chi connectivity index (χ3n) is 2.94. The zero-order valence-corrected chi connectivity index (χ0v) is 13.5. The van der Waals surface area contributed by atoms with E-state index >= 15 is 0 Å². The maximum atomic E-state index is 13.6. The minimum atomic E-state index is -0.654. The Bertz CT molecular complexity index is 758. The largest absolute Gasteiger partial charge is 0.403 e. The number of hydrogen-bond donors (Lipinski definition) is 3. The van der Waals surface area contributed by atoms with Gasteiger partial charge in [0.25, 0.3) is 0 Å². The maximum Gasteiger partial charge on any atom is 0.229 e. The molecule has 0 spiro atoms. The Kier molecular flexibility index (Phi) is 6.02. The summed E-state index contributed by atoms with van der Waals surface area (Å²) in [5.74, 6) is -0.883. The standard InChI is InChI=1S/C15H15ClF2N6/c1-20-6-9(5-19)23-15-22-8-11(16)14(24-15)21-7-10-12(17)3-2-4-13(10)18/h2-6,8H,7,19H2,1H3,(H2,21,22,23,24). The van der Waals surface area contributed by atoms with Gasteiger partial charge in [-0.05, 0) is 12.1 Å². The molecule has 4 N–H and O–H groups in total. The molecule has 0 aliphatic heterocycles. The second-order valence-corrected chi connectivity index (χ2v) is 4.99. The van der Waals surface area contributed by atoms with Crippen molar-refractivity contribution in [2.45, 2.75) is 6.54 Å². The normalized spacial score (nSPS) is 11.8. The Morgan fingerprint density at radius 2 is 2.08 bits per heavy atom. The van der Waals surface area contributed by atoms with Crippen LogP contribution < -0.4 is 16.4 Å². The van der Waals surface area contributed by atoms with Gasteiger partial charge in [0.2, 0.25) is 5.95 Å². The molecule has 126 valence electrons. The van der Waals surface area contributed by atoms with Gasteiger partial charge >= 0.3 is 0 Å². The third-order valence-corrected chi connectivity index (χ3v) is 3.22. The molecule has 0 fully saturated rings. The van der Waals surface area contributed by atoms with Crippen LogP contribution in [0.4, 0.5) is 20.5 Å². The van der Waals surface area contributed by atoms with Crippen molar-refractivity contribution in [3.05, 3.63) is 58.5 Å². The molecule has 0 aliphatic rings. The third kappa shape index (κ3) is 4.39.